The van der Waals surface area contributed by atoms with E-state index in [1.165, 1.54) is 23.5 Å². The fourth-order valence-electron chi connectivity index (χ4n) is 3.10. The van der Waals surface area contributed by atoms with Crippen molar-refractivity contribution in [2.24, 2.45) is 0 Å². The summed E-state index contributed by atoms with van der Waals surface area (Å²) in [6.07, 6.45) is 0. The molecule has 29 heavy (non-hydrogen) atoms. The first-order valence-corrected chi connectivity index (χ1v) is 10.7. The van der Waals surface area contributed by atoms with Gasteiger partial charge in [-0.25, -0.2) is 8.42 Å². The Hall–Kier alpha value is -3.12. The van der Waals surface area contributed by atoms with E-state index in [4.69, 9.17) is 0 Å². The van der Waals surface area contributed by atoms with E-state index >= 15 is 0 Å². The molecule has 0 unspecified atom stereocenters. The van der Waals surface area contributed by atoms with E-state index < -0.39 is 10.0 Å². The van der Waals surface area contributed by atoms with Gasteiger partial charge in [0.2, 0.25) is 0 Å². The molecule has 3 rings (SSSR count). The van der Waals surface area contributed by atoms with Crippen molar-refractivity contribution in [1.29, 1.82) is 0 Å². The van der Waals surface area contributed by atoms with Crippen LogP contribution in [0.2, 0.25) is 0 Å². The van der Waals surface area contributed by atoms with Crippen LogP contribution in [0.5, 0.6) is 0 Å². The quantitative estimate of drug-likeness (QED) is 0.617. The molecule has 0 bridgehead atoms. The molecule has 0 N–H and O–H groups in total. The van der Waals surface area contributed by atoms with Crippen molar-refractivity contribution in [2.45, 2.75) is 18.4 Å². The molecule has 150 valence electrons. The number of carbonyl (C=O) groups excluding carboxylic acids is 1. The zero-order valence-corrected chi connectivity index (χ0v) is 17.6. The van der Waals surface area contributed by atoms with Gasteiger partial charge in [-0.2, -0.15) is 0 Å². The zero-order valence-electron chi connectivity index (χ0n) is 16.7. The van der Waals surface area contributed by atoms with Crippen molar-refractivity contribution in [2.75, 3.05) is 18.4 Å². The Bertz CT molecular complexity index is 1110. The van der Waals surface area contributed by atoms with Gasteiger partial charge < -0.3 is 4.90 Å². The third-order valence-electron chi connectivity index (χ3n) is 4.71. The van der Waals surface area contributed by atoms with Crippen LogP contribution in [0.1, 0.15) is 21.5 Å². The van der Waals surface area contributed by atoms with Crippen LogP contribution >= 0.6 is 0 Å². The summed E-state index contributed by atoms with van der Waals surface area (Å²) in [7, 11) is -0.562. The Morgan fingerprint density at radius 1 is 0.862 bits per heavy atom. The Morgan fingerprint density at radius 3 is 2.24 bits per heavy atom. The highest BCUT2D eigenvalue weighted by atomic mass is 32.2. The van der Waals surface area contributed by atoms with Crippen molar-refractivity contribution < 1.29 is 13.2 Å². The van der Waals surface area contributed by atoms with Gasteiger partial charge in [-0.1, -0.05) is 54.1 Å². The number of aryl methyl sites for hydroxylation is 1. The van der Waals surface area contributed by atoms with Crippen LogP contribution in [-0.4, -0.2) is 33.3 Å². The highest BCUT2D eigenvalue weighted by molar-refractivity contribution is 7.92. The Kier molecular flexibility index (Phi) is 6.03. The molecule has 5 nitrogen and oxygen atoms in total. The summed E-state index contributed by atoms with van der Waals surface area (Å²) in [4.78, 5) is 14.5. The van der Waals surface area contributed by atoms with E-state index in [1.807, 2.05) is 37.3 Å². The number of hydrogen-bond acceptors (Lipinski definition) is 3. The first-order chi connectivity index (χ1) is 13.8. The highest BCUT2D eigenvalue weighted by Crippen LogP contribution is 2.23. The third kappa shape index (κ3) is 4.66. The van der Waals surface area contributed by atoms with E-state index in [0.29, 0.717) is 17.8 Å². The summed E-state index contributed by atoms with van der Waals surface area (Å²) in [5.74, 6) is -0.231. The van der Waals surface area contributed by atoms with Gasteiger partial charge in [0.25, 0.3) is 15.9 Å². The molecule has 0 aliphatic heterocycles. The SMILES string of the molecule is Cc1cccc(CN(C)C(=O)c2cccc(S(=O)(=O)N(C)c3ccccc3)c2)c1. The second-order valence-electron chi connectivity index (χ2n) is 6.99. The number of amides is 1. The molecular weight excluding hydrogens is 384 g/mol. The van der Waals surface area contributed by atoms with Gasteiger partial charge in [0.05, 0.1) is 10.6 Å². The molecule has 0 aliphatic rings. The molecule has 0 aliphatic carbocycles. The van der Waals surface area contributed by atoms with Crippen molar-refractivity contribution in [3.05, 3.63) is 95.6 Å². The average Bonchev–Trinajstić information content (AvgIpc) is 2.73. The molecule has 3 aromatic carbocycles. The van der Waals surface area contributed by atoms with E-state index in [9.17, 15) is 13.2 Å². The fraction of sp³-hybridized carbons (Fsp3) is 0.174. The van der Waals surface area contributed by atoms with Gasteiger partial charge in [0, 0.05) is 26.2 Å². The monoisotopic (exact) mass is 408 g/mol. The lowest BCUT2D eigenvalue weighted by Gasteiger charge is -2.21. The first-order valence-electron chi connectivity index (χ1n) is 9.24. The Labute approximate surface area is 172 Å². The molecule has 0 fully saturated rings. The Balaban J connectivity index is 1.84. The minimum absolute atomic E-state index is 0.0821. The van der Waals surface area contributed by atoms with Gasteiger partial charge >= 0.3 is 0 Å². The van der Waals surface area contributed by atoms with Crippen molar-refractivity contribution in [1.82, 2.24) is 4.90 Å². The second kappa shape index (κ2) is 8.49. The van der Waals surface area contributed by atoms with Crippen molar-refractivity contribution >= 4 is 21.6 Å². The molecular formula is C23H24N2O3S. The molecule has 0 heterocycles. The molecule has 0 spiro atoms. The molecule has 0 aromatic heterocycles. The number of nitrogens with zero attached hydrogens (tertiary/aromatic N) is 2. The summed E-state index contributed by atoms with van der Waals surface area (Å²) < 4.78 is 27.2. The number of anilines is 1. The number of rotatable bonds is 6. The topological polar surface area (TPSA) is 57.7 Å². The van der Waals surface area contributed by atoms with Crippen LogP contribution in [0.25, 0.3) is 0 Å². The van der Waals surface area contributed by atoms with Crippen LogP contribution in [0, 0.1) is 6.92 Å². The Morgan fingerprint density at radius 2 is 1.55 bits per heavy atom. The maximum Gasteiger partial charge on any atom is 0.264 e. The first kappa shape index (κ1) is 20.6. The standard InChI is InChI=1S/C23H24N2O3S/c1-18-9-7-10-19(15-18)17-24(2)23(26)20-11-8-14-22(16-20)29(27,28)25(3)21-12-5-4-6-13-21/h4-16H,17H2,1-3H3. The predicted octanol–water partition coefficient (Wildman–Crippen LogP) is 4.09. The van der Waals surface area contributed by atoms with E-state index in [1.54, 1.807) is 48.3 Å². The molecule has 6 heteroatoms. The molecule has 0 radical (unpaired) electrons. The molecule has 0 saturated heterocycles. The minimum atomic E-state index is -3.78. The highest BCUT2D eigenvalue weighted by Gasteiger charge is 2.23. The van der Waals surface area contributed by atoms with Gasteiger partial charge in [0.1, 0.15) is 0 Å². The maximum absolute atomic E-state index is 13.0. The van der Waals surface area contributed by atoms with E-state index in [-0.39, 0.29) is 10.8 Å². The van der Waals surface area contributed by atoms with Gasteiger partial charge in [-0.3, -0.25) is 9.10 Å². The van der Waals surface area contributed by atoms with Crippen molar-refractivity contribution in [3.8, 4) is 0 Å². The molecule has 1 amide bonds. The minimum Gasteiger partial charge on any atom is -0.337 e. The van der Waals surface area contributed by atoms with Crippen LogP contribution in [0.4, 0.5) is 5.69 Å². The van der Waals surface area contributed by atoms with Gasteiger partial charge in [-0.15, -0.1) is 0 Å². The molecule has 0 saturated carbocycles. The lowest BCUT2D eigenvalue weighted by atomic mass is 10.1. The third-order valence-corrected chi connectivity index (χ3v) is 6.49. The number of carbonyl (C=O) groups is 1. The smallest absolute Gasteiger partial charge is 0.264 e. The number of para-hydroxylation sites is 1. The number of benzene rings is 3. The van der Waals surface area contributed by atoms with Crippen LogP contribution in [-0.2, 0) is 16.6 Å². The van der Waals surface area contributed by atoms with Crippen LogP contribution in [0.15, 0.2) is 83.8 Å². The average molecular weight is 409 g/mol. The number of hydrogen-bond donors (Lipinski definition) is 0. The second-order valence-corrected chi connectivity index (χ2v) is 8.96. The van der Waals surface area contributed by atoms with E-state index in [0.717, 1.165) is 11.1 Å². The van der Waals surface area contributed by atoms with Gasteiger partial charge in [-0.05, 0) is 42.8 Å². The lowest BCUT2D eigenvalue weighted by molar-refractivity contribution is 0.0785. The van der Waals surface area contributed by atoms with Gasteiger partial charge in [0.15, 0.2) is 0 Å². The summed E-state index contributed by atoms with van der Waals surface area (Å²) in [5.41, 5.74) is 3.04. The van der Waals surface area contributed by atoms with Crippen LogP contribution < -0.4 is 4.31 Å². The van der Waals surface area contributed by atoms with Crippen molar-refractivity contribution in [3.63, 3.8) is 0 Å². The lowest BCUT2D eigenvalue weighted by Crippen LogP contribution is -2.28. The maximum atomic E-state index is 13.0. The summed E-state index contributed by atoms with van der Waals surface area (Å²) in [6, 6.07) is 23.0. The molecule has 3 aromatic rings. The fourth-order valence-corrected chi connectivity index (χ4v) is 4.34. The van der Waals surface area contributed by atoms with E-state index in [2.05, 4.69) is 0 Å². The summed E-state index contributed by atoms with van der Waals surface area (Å²) >= 11 is 0. The largest absolute Gasteiger partial charge is 0.337 e. The predicted molar refractivity (Wildman–Crippen MR) is 115 cm³/mol. The zero-order chi connectivity index (χ0) is 21.0. The normalized spacial score (nSPS) is 11.1. The van der Waals surface area contributed by atoms with Crippen LogP contribution in [0.3, 0.4) is 0 Å². The summed E-state index contributed by atoms with van der Waals surface area (Å²) in [6.45, 7) is 2.45. The molecule has 0 atom stereocenters. The summed E-state index contributed by atoms with van der Waals surface area (Å²) in [5, 5.41) is 0. The number of sulfonamides is 1.